The number of pyridine rings is 1. The fraction of sp³-hybridized carbons (Fsp3) is 0.375. The Morgan fingerprint density at radius 3 is 2.74 bits per heavy atom. The molecule has 1 aliphatic carbocycles. The standard InChI is InChI=1S/C16H16FN5O/c1-22(14-4-2-3-12(14)17)16-6-5-13(20-21-16)11-9-19-10(8-18)7-15(11)23/h5-7,9,12,14H,2-4H2,1H3,(H,19,23)/t12-,14+/m0/s1. The quantitative estimate of drug-likeness (QED) is 0.936. The van der Waals surface area contributed by atoms with Gasteiger partial charge in [0.2, 0.25) is 0 Å². The number of hydrogen-bond donors (Lipinski definition) is 1. The molecule has 23 heavy (non-hydrogen) atoms. The van der Waals surface area contributed by atoms with Crippen molar-refractivity contribution in [1.82, 2.24) is 15.2 Å². The zero-order valence-corrected chi connectivity index (χ0v) is 12.6. The van der Waals surface area contributed by atoms with Gasteiger partial charge in [0.05, 0.1) is 17.3 Å². The number of alkyl halides is 1. The van der Waals surface area contributed by atoms with E-state index in [2.05, 4.69) is 15.2 Å². The van der Waals surface area contributed by atoms with Gasteiger partial charge in [0, 0.05) is 19.3 Å². The van der Waals surface area contributed by atoms with Crippen molar-refractivity contribution in [2.24, 2.45) is 0 Å². The van der Waals surface area contributed by atoms with Gasteiger partial charge in [-0.25, -0.2) is 9.37 Å². The molecule has 1 saturated carbocycles. The van der Waals surface area contributed by atoms with Crippen molar-refractivity contribution in [3.05, 3.63) is 30.1 Å². The smallest absolute Gasteiger partial charge is 0.151 e. The van der Waals surface area contributed by atoms with Crippen LogP contribution in [0.1, 0.15) is 25.0 Å². The predicted molar refractivity (Wildman–Crippen MR) is 82.6 cm³/mol. The van der Waals surface area contributed by atoms with Crippen molar-refractivity contribution >= 4 is 5.82 Å². The summed E-state index contributed by atoms with van der Waals surface area (Å²) in [4.78, 5) is 5.73. The van der Waals surface area contributed by atoms with Crippen LogP contribution in [0.15, 0.2) is 24.4 Å². The van der Waals surface area contributed by atoms with Gasteiger partial charge in [-0.05, 0) is 31.4 Å². The van der Waals surface area contributed by atoms with E-state index in [1.54, 1.807) is 12.1 Å². The molecule has 2 aromatic rings. The molecule has 6 nitrogen and oxygen atoms in total. The van der Waals surface area contributed by atoms with E-state index < -0.39 is 6.17 Å². The van der Waals surface area contributed by atoms with E-state index in [4.69, 9.17) is 5.26 Å². The fourth-order valence-electron chi connectivity index (χ4n) is 2.86. The van der Waals surface area contributed by atoms with Crippen LogP contribution in [-0.4, -0.2) is 39.5 Å². The van der Waals surface area contributed by atoms with Gasteiger partial charge < -0.3 is 10.0 Å². The summed E-state index contributed by atoms with van der Waals surface area (Å²) in [5, 5.41) is 26.9. The SMILES string of the molecule is CN(c1ccc(-c2cnc(C#N)cc2O)nn1)[C@@H]1CCC[C@@H]1F. The summed E-state index contributed by atoms with van der Waals surface area (Å²) in [5.74, 6) is 0.510. The van der Waals surface area contributed by atoms with Crippen LogP contribution in [0, 0.1) is 11.3 Å². The minimum Gasteiger partial charge on any atom is -0.507 e. The van der Waals surface area contributed by atoms with Gasteiger partial charge in [-0.15, -0.1) is 10.2 Å². The maximum Gasteiger partial charge on any atom is 0.151 e. The summed E-state index contributed by atoms with van der Waals surface area (Å²) in [7, 11) is 1.81. The van der Waals surface area contributed by atoms with Crippen molar-refractivity contribution in [1.29, 1.82) is 5.26 Å². The Hall–Kier alpha value is -2.75. The Morgan fingerprint density at radius 1 is 1.35 bits per heavy atom. The third kappa shape index (κ3) is 2.93. The highest BCUT2D eigenvalue weighted by Crippen LogP contribution is 2.30. The van der Waals surface area contributed by atoms with E-state index in [-0.39, 0.29) is 17.5 Å². The average molecular weight is 313 g/mol. The Bertz CT molecular complexity index is 743. The lowest BCUT2D eigenvalue weighted by Gasteiger charge is -2.26. The predicted octanol–water partition coefficient (Wildman–Crippen LogP) is 2.44. The molecule has 0 radical (unpaired) electrons. The molecular formula is C16H16FN5O. The molecule has 1 aliphatic rings. The highest BCUT2D eigenvalue weighted by atomic mass is 19.1. The number of rotatable bonds is 3. The molecule has 0 unspecified atom stereocenters. The van der Waals surface area contributed by atoms with Gasteiger partial charge in [-0.2, -0.15) is 5.26 Å². The Balaban J connectivity index is 1.83. The first-order valence-corrected chi connectivity index (χ1v) is 7.40. The number of aromatic nitrogens is 3. The Kier molecular flexibility index (Phi) is 4.06. The third-order valence-electron chi connectivity index (χ3n) is 4.18. The largest absolute Gasteiger partial charge is 0.507 e. The number of anilines is 1. The molecule has 3 rings (SSSR count). The van der Waals surface area contributed by atoms with Crippen LogP contribution >= 0.6 is 0 Å². The van der Waals surface area contributed by atoms with Crippen LogP contribution < -0.4 is 4.90 Å². The molecule has 1 N–H and O–H groups in total. The number of aromatic hydroxyl groups is 1. The maximum atomic E-state index is 13.8. The van der Waals surface area contributed by atoms with E-state index in [9.17, 15) is 9.50 Å². The van der Waals surface area contributed by atoms with Crippen LogP contribution in [0.25, 0.3) is 11.3 Å². The summed E-state index contributed by atoms with van der Waals surface area (Å²) in [5.41, 5.74) is 0.973. The molecule has 0 aromatic carbocycles. The van der Waals surface area contributed by atoms with Gasteiger partial charge in [0.25, 0.3) is 0 Å². The molecular weight excluding hydrogens is 297 g/mol. The van der Waals surface area contributed by atoms with Crippen molar-refractivity contribution < 1.29 is 9.50 Å². The lowest BCUT2D eigenvalue weighted by Crippen LogP contribution is -2.36. The highest BCUT2D eigenvalue weighted by molar-refractivity contribution is 5.66. The third-order valence-corrected chi connectivity index (χ3v) is 4.18. The molecule has 1 fully saturated rings. The second-order valence-electron chi connectivity index (χ2n) is 5.60. The lowest BCUT2D eigenvalue weighted by atomic mass is 10.1. The summed E-state index contributed by atoms with van der Waals surface area (Å²) in [6.07, 6.45) is 2.82. The Labute approximate surface area is 133 Å². The molecule has 118 valence electrons. The summed E-state index contributed by atoms with van der Waals surface area (Å²) < 4.78 is 13.8. The lowest BCUT2D eigenvalue weighted by molar-refractivity contribution is 0.306. The fourth-order valence-corrected chi connectivity index (χ4v) is 2.86. The number of nitrogens with zero attached hydrogens (tertiary/aromatic N) is 5. The van der Waals surface area contributed by atoms with Crippen LogP contribution in [0.5, 0.6) is 5.75 Å². The number of halogens is 1. The van der Waals surface area contributed by atoms with E-state index >= 15 is 0 Å². The topological polar surface area (TPSA) is 85.9 Å². The van der Waals surface area contributed by atoms with E-state index in [0.29, 0.717) is 23.5 Å². The monoisotopic (exact) mass is 313 g/mol. The molecule has 0 saturated heterocycles. The van der Waals surface area contributed by atoms with Gasteiger partial charge >= 0.3 is 0 Å². The van der Waals surface area contributed by atoms with Gasteiger partial charge in [0.1, 0.15) is 23.7 Å². The van der Waals surface area contributed by atoms with Crippen molar-refractivity contribution in [2.45, 2.75) is 31.5 Å². The van der Waals surface area contributed by atoms with Crippen LogP contribution in [-0.2, 0) is 0 Å². The minimum atomic E-state index is -0.840. The second kappa shape index (κ2) is 6.16. The van der Waals surface area contributed by atoms with E-state index in [1.165, 1.54) is 12.3 Å². The van der Waals surface area contributed by atoms with Crippen molar-refractivity contribution in [2.75, 3.05) is 11.9 Å². The average Bonchev–Trinajstić information content (AvgIpc) is 3.00. The number of hydrogen-bond acceptors (Lipinski definition) is 6. The first kappa shape index (κ1) is 15.2. The highest BCUT2D eigenvalue weighted by Gasteiger charge is 2.31. The molecule has 0 aliphatic heterocycles. The molecule has 2 aromatic heterocycles. The first-order chi connectivity index (χ1) is 11.1. The molecule has 0 bridgehead atoms. The summed E-state index contributed by atoms with van der Waals surface area (Å²) >= 11 is 0. The first-order valence-electron chi connectivity index (χ1n) is 7.40. The van der Waals surface area contributed by atoms with Crippen molar-refractivity contribution in [3.63, 3.8) is 0 Å². The second-order valence-corrected chi connectivity index (χ2v) is 5.60. The molecule has 2 atom stereocenters. The number of nitriles is 1. The minimum absolute atomic E-state index is 0.0773. The van der Waals surface area contributed by atoms with Crippen LogP contribution in [0.2, 0.25) is 0 Å². The van der Waals surface area contributed by atoms with Crippen molar-refractivity contribution in [3.8, 4) is 23.1 Å². The van der Waals surface area contributed by atoms with E-state index in [0.717, 1.165) is 12.8 Å². The zero-order valence-electron chi connectivity index (χ0n) is 12.6. The van der Waals surface area contributed by atoms with Gasteiger partial charge in [0.15, 0.2) is 5.82 Å². The normalized spacial score (nSPS) is 20.2. The van der Waals surface area contributed by atoms with E-state index in [1.807, 2.05) is 18.0 Å². The zero-order chi connectivity index (χ0) is 16.4. The van der Waals surface area contributed by atoms with Gasteiger partial charge in [-0.1, -0.05) is 0 Å². The molecule has 2 heterocycles. The van der Waals surface area contributed by atoms with Crippen LogP contribution in [0.3, 0.4) is 0 Å². The Morgan fingerprint density at radius 2 is 2.17 bits per heavy atom. The maximum absolute atomic E-state index is 13.8. The summed E-state index contributed by atoms with van der Waals surface area (Å²) in [6.45, 7) is 0. The van der Waals surface area contributed by atoms with Crippen LogP contribution in [0.4, 0.5) is 10.2 Å². The molecule has 7 heteroatoms. The molecule has 0 spiro atoms. The molecule has 0 amide bonds. The summed E-state index contributed by atoms with van der Waals surface area (Å²) in [6, 6.07) is 6.41. The van der Waals surface area contributed by atoms with Gasteiger partial charge in [-0.3, -0.25) is 0 Å².